The average Bonchev–Trinajstić information content (AvgIpc) is 2.50. The second-order valence-electron chi connectivity index (χ2n) is 5.16. The van der Waals surface area contributed by atoms with Gasteiger partial charge in [0.1, 0.15) is 0 Å². The first-order valence-corrected chi connectivity index (χ1v) is 6.12. The Kier molecular flexibility index (Phi) is 4.71. The molecule has 1 aromatic rings. The molecule has 1 aromatic heterocycles. The van der Waals surface area contributed by atoms with Gasteiger partial charge in [0.2, 0.25) is 0 Å². The zero-order chi connectivity index (χ0) is 13.1. The van der Waals surface area contributed by atoms with Crippen LogP contribution in [0.4, 0.5) is 0 Å². The van der Waals surface area contributed by atoms with E-state index in [0.717, 1.165) is 25.2 Å². The Morgan fingerprint density at radius 2 is 2.00 bits per heavy atom. The predicted molar refractivity (Wildman–Crippen MR) is 70.1 cm³/mol. The molecule has 0 saturated heterocycles. The van der Waals surface area contributed by atoms with Crippen LogP contribution in [-0.4, -0.2) is 29.0 Å². The van der Waals surface area contributed by atoms with Crippen LogP contribution in [0.3, 0.4) is 0 Å². The van der Waals surface area contributed by atoms with Crippen molar-refractivity contribution >= 4 is 0 Å². The van der Waals surface area contributed by atoms with Crippen molar-refractivity contribution in [1.29, 1.82) is 0 Å². The minimum atomic E-state index is -0.0496. The smallest absolute Gasteiger partial charge is 0.0641 e. The van der Waals surface area contributed by atoms with Crippen molar-refractivity contribution in [2.24, 2.45) is 7.05 Å². The maximum absolute atomic E-state index is 5.39. The highest BCUT2D eigenvalue weighted by Crippen LogP contribution is 2.13. The Morgan fingerprint density at radius 3 is 2.47 bits per heavy atom. The van der Waals surface area contributed by atoms with Gasteiger partial charge in [-0.05, 0) is 40.7 Å². The van der Waals surface area contributed by atoms with Gasteiger partial charge in [0, 0.05) is 32.0 Å². The highest BCUT2D eigenvalue weighted by molar-refractivity contribution is 5.23. The van der Waals surface area contributed by atoms with Gasteiger partial charge in [-0.1, -0.05) is 0 Å². The lowest BCUT2D eigenvalue weighted by atomic mass is 10.1. The van der Waals surface area contributed by atoms with Crippen molar-refractivity contribution in [3.8, 4) is 0 Å². The summed E-state index contributed by atoms with van der Waals surface area (Å²) in [5.74, 6) is 0. The summed E-state index contributed by atoms with van der Waals surface area (Å²) >= 11 is 0. The highest BCUT2D eigenvalue weighted by Gasteiger charge is 2.15. The van der Waals surface area contributed by atoms with E-state index >= 15 is 0 Å². The van der Waals surface area contributed by atoms with Gasteiger partial charge in [-0.2, -0.15) is 5.10 Å². The van der Waals surface area contributed by atoms with Gasteiger partial charge in [0.25, 0.3) is 0 Å². The Hall–Kier alpha value is -0.870. The van der Waals surface area contributed by atoms with E-state index in [-0.39, 0.29) is 5.60 Å². The second kappa shape index (κ2) is 5.65. The summed E-state index contributed by atoms with van der Waals surface area (Å²) in [6, 6.07) is 0. The molecule has 0 saturated carbocycles. The van der Waals surface area contributed by atoms with Crippen molar-refractivity contribution < 1.29 is 4.74 Å². The molecule has 17 heavy (non-hydrogen) atoms. The Labute approximate surface area is 104 Å². The van der Waals surface area contributed by atoms with Gasteiger partial charge in [0.15, 0.2) is 0 Å². The van der Waals surface area contributed by atoms with E-state index in [9.17, 15) is 0 Å². The zero-order valence-corrected chi connectivity index (χ0v) is 11.9. The summed E-state index contributed by atoms with van der Waals surface area (Å²) in [6.07, 6.45) is 1.00. The maximum Gasteiger partial charge on any atom is 0.0641 e. The fraction of sp³-hybridized carbons (Fsp3) is 0.769. The fourth-order valence-corrected chi connectivity index (χ4v) is 1.78. The van der Waals surface area contributed by atoms with Gasteiger partial charge < -0.3 is 10.1 Å². The summed E-state index contributed by atoms with van der Waals surface area (Å²) in [5, 5.41) is 7.86. The third-order valence-electron chi connectivity index (χ3n) is 3.42. The highest BCUT2D eigenvalue weighted by atomic mass is 16.5. The zero-order valence-electron chi connectivity index (χ0n) is 11.9. The molecule has 0 aliphatic heterocycles. The fourth-order valence-electron chi connectivity index (χ4n) is 1.78. The first-order valence-electron chi connectivity index (χ1n) is 6.12. The minimum Gasteiger partial charge on any atom is -0.379 e. The van der Waals surface area contributed by atoms with Gasteiger partial charge in [0.05, 0.1) is 11.3 Å². The van der Waals surface area contributed by atoms with E-state index < -0.39 is 0 Å². The number of hydrogen-bond donors (Lipinski definition) is 1. The van der Waals surface area contributed by atoms with Crippen LogP contribution in [0, 0.1) is 13.8 Å². The number of rotatable bonds is 6. The molecule has 0 aliphatic carbocycles. The summed E-state index contributed by atoms with van der Waals surface area (Å²) in [4.78, 5) is 0. The molecule has 0 atom stereocenters. The molecule has 1 heterocycles. The molecule has 0 aromatic carbocycles. The lowest BCUT2D eigenvalue weighted by molar-refractivity contribution is 0.0158. The van der Waals surface area contributed by atoms with E-state index in [4.69, 9.17) is 4.74 Å². The van der Waals surface area contributed by atoms with E-state index in [0.29, 0.717) is 0 Å². The van der Waals surface area contributed by atoms with Crippen LogP contribution in [0.2, 0.25) is 0 Å². The summed E-state index contributed by atoms with van der Waals surface area (Å²) in [5.41, 5.74) is 3.61. The number of aryl methyl sites for hydroxylation is 2. The number of nitrogens with zero attached hydrogens (tertiary/aromatic N) is 2. The number of methoxy groups -OCH3 is 1. The van der Waals surface area contributed by atoms with Crippen LogP contribution in [0.1, 0.15) is 37.2 Å². The summed E-state index contributed by atoms with van der Waals surface area (Å²) < 4.78 is 7.32. The van der Waals surface area contributed by atoms with Crippen molar-refractivity contribution in [1.82, 2.24) is 15.1 Å². The lowest BCUT2D eigenvalue weighted by Gasteiger charge is -2.22. The molecule has 0 radical (unpaired) electrons. The minimum absolute atomic E-state index is 0.0496. The lowest BCUT2D eigenvalue weighted by Crippen LogP contribution is -2.28. The monoisotopic (exact) mass is 239 g/mol. The van der Waals surface area contributed by atoms with Crippen LogP contribution in [-0.2, 0) is 18.3 Å². The van der Waals surface area contributed by atoms with Crippen LogP contribution in [0.25, 0.3) is 0 Å². The number of nitrogens with one attached hydrogen (secondary N) is 1. The third kappa shape index (κ3) is 3.82. The molecule has 98 valence electrons. The Morgan fingerprint density at radius 1 is 1.35 bits per heavy atom. The molecule has 1 N–H and O–H groups in total. The van der Waals surface area contributed by atoms with E-state index in [1.54, 1.807) is 7.11 Å². The topological polar surface area (TPSA) is 39.1 Å². The Bertz CT molecular complexity index is 369. The Balaban J connectivity index is 2.41. The molecule has 4 nitrogen and oxygen atoms in total. The quantitative estimate of drug-likeness (QED) is 0.771. The molecule has 4 heteroatoms. The molecule has 1 rings (SSSR count). The van der Waals surface area contributed by atoms with Crippen LogP contribution < -0.4 is 5.32 Å². The van der Waals surface area contributed by atoms with Gasteiger partial charge in [-0.25, -0.2) is 0 Å². The summed E-state index contributed by atoms with van der Waals surface area (Å²) in [6.45, 7) is 10.2. The second-order valence-corrected chi connectivity index (χ2v) is 5.16. The normalized spacial score (nSPS) is 12.1. The standard InChI is InChI=1S/C13H25N3O/c1-10-12(11(2)16(5)15-10)9-14-8-7-13(3,4)17-6/h14H,7-9H2,1-6H3. The van der Waals surface area contributed by atoms with E-state index in [1.165, 1.54) is 11.3 Å². The SMILES string of the molecule is COC(C)(C)CCNCc1c(C)nn(C)c1C. The first kappa shape index (κ1) is 14.2. The van der Waals surface area contributed by atoms with E-state index in [1.807, 2.05) is 11.7 Å². The molecule has 0 spiro atoms. The van der Waals surface area contributed by atoms with Gasteiger partial charge in [-0.15, -0.1) is 0 Å². The number of ether oxygens (including phenoxy) is 1. The van der Waals surface area contributed by atoms with Crippen molar-refractivity contribution in [3.05, 3.63) is 17.0 Å². The molecule has 0 unspecified atom stereocenters. The number of aromatic nitrogens is 2. The van der Waals surface area contributed by atoms with Crippen LogP contribution in [0.15, 0.2) is 0 Å². The summed E-state index contributed by atoms with van der Waals surface area (Å²) in [7, 11) is 3.75. The van der Waals surface area contributed by atoms with E-state index in [2.05, 4.69) is 38.1 Å². The average molecular weight is 239 g/mol. The third-order valence-corrected chi connectivity index (χ3v) is 3.42. The van der Waals surface area contributed by atoms with Crippen molar-refractivity contribution in [2.45, 2.75) is 46.3 Å². The molecule has 0 aliphatic rings. The molecule has 0 bridgehead atoms. The van der Waals surface area contributed by atoms with Gasteiger partial charge in [-0.3, -0.25) is 4.68 Å². The van der Waals surface area contributed by atoms with Crippen LogP contribution in [0.5, 0.6) is 0 Å². The van der Waals surface area contributed by atoms with Crippen LogP contribution >= 0.6 is 0 Å². The van der Waals surface area contributed by atoms with Gasteiger partial charge >= 0.3 is 0 Å². The molecule has 0 amide bonds. The maximum atomic E-state index is 5.39. The predicted octanol–water partition coefficient (Wildman–Crippen LogP) is 1.94. The first-order chi connectivity index (χ1) is 7.87. The largest absolute Gasteiger partial charge is 0.379 e. The molecular weight excluding hydrogens is 214 g/mol. The molecule has 0 fully saturated rings. The number of hydrogen-bond acceptors (Lipinski definition) is 3. The molecular formula is C13H25N3O. The van der Waals surface area contributed by atoms with Crippen molar-refractivity contribution in [2.75, 3.05) is 13.7 Å². The van der Waals surface area contributed by atoms with Crippen molar-refractivity contribution in [3.63, 3.8) is 0 Å².